The Morgan fingerprint density at radius 2 is 1.97 bits per heavy atom. The molecule has 2 aromatic heterocycles. The van der Waals surface area contributed by atoms with Gasteiger partial charge in [-0.1, -0.05) is 38.9 Å². The zero-order valence-electron chi connectivity index (χ0n) is 19.3. The van der Waals surface area contributed by atoms with E-state index >= 15 is 0 Å². The number of fused-ring (bicyclic) bond motifs is 1. The Balaban J connectivity index is 1.60. The maximum atomic E-state index is 12.5. The normalized spacial score (nSPS) is 11.5. The van der Waals surface area contributed by atoms with Crippen LogP contribution in [0.4, 0.5) is 21.3 Å². The lowest BCUT2D eigenvalue weighted by molar-refractivity contribution is -0.114. The molecule has 0 aliphatic carbocycles. The van der Waals surface area contributed by atoms with E-state index in [-0.39, 0.29) is 5.91 Å². The molecule has 4 aromatic rings. The molecule has 0 aliphatic heterocycles. The van der Waals surface area contributed by atoms with Crippen molar-refractivity contribution in [2.24, 2.45) is 0 Å². The lowest BCUT2D eigenvalue weighted by Gasteiger charge is -2.19. The average Bonchev–Trinajstić information content (AvgIpc) is 3.41. The van der Waals surface area contributed by atoms with Crippen molar-refractivity contribution in [1.82, 2.24) is 20.0 Å². The number of hydrogen-bond acceptors (Lipinski definition) is 8. The largest absolute Gasteiger partial charge is 0.442 e. The van der Waals surface area contributed by atoms with Crippen molar-refractivity contribution in [3.63, 3.8) is 0 Å². The summed E-state index contributed by atoms with van der Waals surface area (Å²) >= 11 is 11.4. The highest BCUT2D eigenvalue weighted by molar-refractivity contribution is 9.08. The fourth-order valence-electron chi connectivity index (χ4n) is 3.29. The number of rotatable bonds is 5. The molecule has 0 bridgehead atoms. The van der Waals surface area contributed by atoms with Gasteiger partial charge in [0.25, 0.3) is 0 Å². The summed E-state index contributed by atoms with van der Waals surface area (Å²) in [6.45, 7) is 6.83. The highest BCUT2D eigenvalue weighted by Crippen LogP contribution is 2.36. The number of nitrogens with one attached hydrogen (secondary N) is 2. The fraction of sp³-hybridized carbons (Fsp3) is 0.261. The minimum atomic E-state index is -0.646. The third-order valence-electron chi connectivity index (χ3n) is 4.63. The molecule has 0 radical (unpaired) electrons. The maximum Gasteiger partial charge on any atom is 0.435 e. The molecule has 0 saturated carbocycles. The van der Waals surface area contributed by atoms with Crippen LogP contribution in [0, 0.1) is 0 Å². The number of aromatic nitrogens is 4. The van der Waals surface area contributed by atoms with Gasteiger partial charge in [0, 0.05) is 28.9 Å². The fourth-order valence-corrected chi connectivity index (χ4v) is 4.61. The molecule has 9 nitrogen and oxygen atoms in total. The van der Waals surface area contributed by atoms with E-state index in [1.807, 2.05) is 18.2 Å². The number of alkyl halides is 1. The number of carbonyl (C=O) groups is 2. The lowest BCUT2D eigenvalue weighted by Crippen LogP contribution is -2.27. The van der Waals surface area contributed by atoms with Crippen molar-refractivity contribution in [3.8, 4) is 10.6 Å². The molecule has 0 fully saturated rings. The van der Waals surface area contributed by atoms with Crippen LogP contribution in [0.1, 0.15) is 33.3 Å². The van der Waals surface area contributed by atoms with Gasteiger partial charge in [-0.25, -0.2) is 4.79 Å². The van der Waals surface area contributed by atoms with Crippen molar-refractivity contribution >= 4 is 78.3 Å². The topological polar surface area (TPSA) is 111 Å². The molecule has 35 heavy (non-hydrogen) atoms. The second-order valence-electron chi connectivity index (χ2n) is 8.67. The van der Waals surface area contributed by atoms with Crippen LogP contribution in [0.3, 0.4) is 0 Å². The first-order valence-electron chi connectivity index (χ1n) is 10.5. The average molecular weight is 578 g/mol. The Hall–Kier alpha value is -3.02. The first kappa shape index (κ1) is 25.1. The van der Waals surface area contributed by atoms with Crippen LogP contribution in [0.15, 0.2) is 36.5 Å². The van der Waals surface area contributed by atoms with Crippen LogP contribution in [0.5, 0.6) is 0 Å². The summed E-state index contributed by atoms with van der Waals surface area (Å²) in [5.74, 6) is -0.151. The van der Waals surface area contributed by atoms with Crippen molar-refractivity contribution < 1.29 is 14.3 Å². The van der Waals surface area contributed by atoms with Gasteiger partial charge in [-0.3, -0.25) is 4.79 Å². The van der Waals surface area contributed by atoms with E-state index in [9.17, 15) is 9.59 Å². The third-order valence-corrected chi connectivity index (χ3v) is 6.58. The number of carbonyl (C=O) groups excluding carboxylic acids is 2. The standard InChI is InChI=1S/C23H22BrClN6O3S/c1-12(32)27-15-8-13(10-24)7-14(9-15)20-29-30-21(35-20)28-17-5-6-18-16(19(17)25)11-26-31(18)22(33)34-23(2,3)4/h5-9,11H,10H2,1-4H3,(H,27,32)(H,28,30). The number of halogens is 2. The van der Waals surface area contributed by atoms with E-state index in [4.69, 9.17) is 16.3 Å². The van der Waals surface area contributed by atoms with Gasteiger partial charge >= 0.3 is 6.09 Å². The Morgan fingerprint density at radius 1 is 1.20 bits per heavy atom. The monoisotopic (exact) mass is 576 g/mol. The van der Waals surface area contributed by atoms with Crippen LogP contribution >= 0.6 is 38.9 Å². The number of anilines is 3. The zero-order valence-corrected chi connectivity index (χ0v) is 22.5. The number of amides is 1. The molecule has 0 aliphatic rings. The smallest absolute Gasteiger partial charge is 0.435 e. The molecule has 12 heteroatoms. The molecule has 2 aromatic carbocycles. The molecule has 1 amide bonds. The number of benzene rings is 2. The highest BCUT2D eigenvalue weighted by atomic mass is 79.9. The Morgan fingerprint density at radius 3 is 2.66 bits per heavy atom. The summed E-state index contributed by atoms with van der Waals surface area (Å²) in [6.07, 6.45) is 0.940. The van der Waals surface area contributed by atoms with E-state index in [1.165, 1.54) is 29.1 Å². The van der Waals surface area contributed by atoms with Gasteiger partial charge in [0.2, 0.25) is 11.0 Å². The minimum Gasteiger partial charge on any atom is -0.442 e. The Kier molecular flexibility index (Phi) is 7.11. The summed E-state index contributed by atoms with van der Waals surface area (Å²) in [5.41, 5.74) is 2.99. The second-order valence-corrected chi connectivity index (χ2v) is 10.6. The van der Waals surface area contributed by atoms with Gasteiger partial charge in [0.05, 0.1) is 22.4 Å². The molecule has 4 rings (SSSR count). The van der Waals surface area contributed by atoms with Gasteiger partial charge in [-0.05, 0) is 56.7 Å². The van der Waals surface area contributed by atoms with Gasteiger partial charge in [-0.2, -0.15) is 9.78 Å². The molecule has 0 unspecified atom stereocenters. The predicted molar refractivity (Wildman–Crippen MR) is 142 cm³/mol. The highest BCUT2D eigenvalue weighted by Gasteiger charge is 2.21. The second kappa shape index (κ2) is 9.92. The van der Waals surface area contributed by atoms with Crippen LogP contribution in [0.2, 0.25) is 5.02 Å². The summed E-state index contributed by atoms with van der Waals surface area (Å²) in [5, 5.41) is 21.5. The van der Waals surface area contributed by atoms with Gasteiger partial charge in [0.1, 0.15) is 10.6 Å². The molecule has 2 N–H and O–H groups in total. The molecule has 0 atom stereocenters. The molecule has 182 valence electrons. The third kappa shape index (κ3) is 5.80. The van der Waals surface area contributed by atoms with Crippen molar-refractivity contribution in [3.05, 3.63) is 47.1 Å². The number of hydrogen-bond donors (Lipinski definition) is 2. The summed E-state index contributed by atoms with van der Waals surface area (Å²) < 4.78 is 6.59. The predicted octanol–water partition coefficient (Wildman–Crippen LogP) is 6.59. The van der Waals surface area contributed by atoms with Gasteiger partial charge in [0.15, 0.2) is 0 Å². The lowest BCUT2D eigenvalue weighted by atomic mass is 10.1. The first-order chi connectivity index (χ1) is 16.5. The van der Waals surface area contributed by atoms with E-state index < -0.39 is 11.7 Å². The van der Waals surface area contributed by atoms with Gasteiger partial charge < -0.3 is 15.4 Å². The van der Waals surface area contributed by atoms with Crippen LogP contribution in [-0.2, 0) is 14.9 Å². The molecule has 2 heterocycles. The van der Waals surface area contributed by atoms with Crippen molar-refractivity contribution in [1.29, 1.82) is 0 Å². The Bertz CT molecular complexity index is 1430. The van der Waals surface area contributed by atoms with Crippen LogP contribution < -0.4 is 10.6 Å². The van der Waals surface area contributed by atoms with E-state index in [0.717, 1.165) is 11.1 Å². The molecular weight excluding hydrogens is 556 g/mol. The zero-order chi connectivity index (χ0) is 25.3. The van der Waals surface area contributed by atoms with Crippen LogP contribution in [0.25, 0.3) is 21.5 Å². The van der Waals surface area contributed by atoms with Gasteiger partial charge in [-0.15, -0.1) is 10.2 Å². The quantitative estimate of drug-likeness (QED) is 0.257. The maximum absolute atomic E-state index is 12.5. The van der Waals surface area contributed by atoms with Crippen molar-refractivity contribution in [2.75, 3.05) is 10.6 Å². The molecule has 0 spiro atoms. The summed E-state index contributed by atoms with van der Waals surface area (Å²) in [4.78, 5) is 24.0. The van der Waals surface area contributed by atoms with E-state index in [0.29, 0.717) is 42.8 Å². The van der Waals surface area contributed by atoms with Crippen LogP contribution in [-0.4, -0.2) is 37.6 Å². The van der Waals surface area contributed by atoms with E-state index in [1.54, 1.807) is 32.9 Å². The first-order valence-corrected chi connectivity index (χ1v) is 12.8. The minimum absolute atomic E-state index is 0.151. The summed E-state index contributed by atoms with van der Waals surface area (Å²) in [7, 11) is 0. The SMILES string of the molecule is CC(=O)Nc1cc(CBr)cc(-c2nnc(Nc3ccc4c(cnn4C(=O)OC(C)(C)C)c3Cl)s2)c1. The molecular formula is C23H22BrClN6O3S. The number of nitrogens with zero attached hydrogens (tertiary/aromatic N) is 4. The summed E-state index contributed by atoms with van der Waals surface area (Å²) in [6, 6.07) is 9.21. The number of ether oxygens (including phenoxy) is 1. The molecule has 0 saturated heterocycles. The Labute approximate surface area is 219 Å². The van der Waals surface area contributed by atoms with Crippen molar-refractivity contribution in [2.45, 2.75) is 38.6 Å². The van der Waals surface area contributed by atoms with E-state index in [2.05, 4.69) is 41.9 Å².